The van der Waals surface area contributed by atoms with E-state index in [0.717, 1.165) is 42.8 Å². The van der Waals surface area contributed by atoms with E-state index in [4.69, 9.17) is 4.74 Å². The molecule has 1 aliphatic rings. The Hall–Kier alpha value is -2.82. The largest absolute Gasteiger partial charge is 0.494 e. The Morgan fingerprint density at radius 2 is 2.04 bits per heavy atom. The number of carbonyl (C=O) groups excluding carboxylic acids is 1. The Bertz CT molecular complexity index is 913. The topological polar surface area (TPSA) is 46.8 Å². The smallest absolute Gasteiger partial charge is 0.254 e. The van der Waals surface area contributed by atoms with Gasteiger partial charge in [-0.2, -0.15) is 0 Å². The van der Waals surface area contributed by atoms with Crippen LogP contribution in [0.2, 0.25) is 0 Å². The van der Waals surface area contributed by atoms with Crippen molar-refractivity contribution in [3.05, 3.63) is 66.1 Å². The minimum atomic E-state index is 0.0727. The molecule has 0 spiro atoms. The van der Waals surface area contributed by atoms with Crippen molar-refractivity contribution < 1.29 is 9.53 Å². The Morgan fingerprint density at radius 1 is 1.22 bits per heavy atom. The summed E-state index contributed by atoms with van der Waals surface area (Å²) in [6.45, 7) is 3.43. The van der Waals surface area contributed by atoms with Crippen LogP contribution >= 0.6 is 0 Å². The number of pyridine rings is 1. The summed E-state index contributed by atoms with van der Waals surface area (Å²) in [4.78, 5) is 19.5. The van der Waals surface area contributed by atoms with Crippen LogP contribution in [0.3, 0.4) is 0 Å². The van der Waals surface area contributed by atoms with Crippen molar-refractivity contribution in [2.24, 2.45) is 0 Å². The summed E-state index contributed by atoms with van der Waals surface area (Å²) < 4.78 is 7.75. The first-order valence-electron chi connectivity index (χ1n) is 9.71. The highest BCUT2D eigenvalue weighted by molar-refractivity contribution is 5.94. The molecule has 140 valence electrons. The molecule has 0 N–H and O–H groups in total. The molecule has 2 aromatic heterocycles. The molecule has 2 heterocycles. The molecule has 0 radical (unpaired) electrons. The third kappa shape index (κ3) is 3.97. The third-order valence-electron chi connectivity index (χ3n) is 4.94. The van der Waals surface area contributed by atoms with E-state index in [1.54, 1.807) is 0 Å². The second-order valence-corrected chi connectivity index (χ2v) is 7.07. The van der Waals surface area contributed by atoms with Crippen molar-refractivity contribution in [3.63, 3.8) is 0 Å². The zero-order valence-electron chi connectivity index (χ0n) is 15.7. The van der Waals surface area contributed by atoms with E-state index < -0.39 is 0 Å². The first-order chi connectivity index (χ1) is 13.3. The van der Waals surface area contributed by atoms with Crippen LogP contribution < -0.4 is 4.74 Å². The standard InChI is InChI=1S/C22H25N3O2/c1-2-3-14-27-20-11-7-17(8-12-20)22(26)25(18-9-10-18)16-19-15-23-21-6-4-5-13-24(19)21/h4-8,11-13,15,18H,2-3,9-10,14,16H2,1H3. The average Bonchev–Trinajstić information content (AvgIpc) is 3.47. The highest BCUT2D eigenvalue weighted by Crippen LogP contribution is 2.30. The van der Waals surface area contributed by atoms with Gasteiger partial charge in [-0.15, -0.1) is 0 Å². The Labute approximate surface area is 159 Å². The molecule has 1 aromatic carbocycles. The number of amides is 1. The number of carbonyl (C=O) groups is 1. The van der Waals surface area contributed by atoms with Gasteiger partial charge < -0.3 is 14.0 Å². The van der Waals surface area contributed by atoms with E-state index in [2.05, 4.69) is 11.9 Å². The van der Waals surface area contributed by atoms with Gasteiger partial charge in [0.25, 0.3) is 5.91 Å². The number of fused-ring (bicyclic) bond motifs is 1. The van der Waals surface area contributed by atoms with Gasteiger partial charge >= 0.3 is 0 Å². The summed E-state index contributed by atoms with van der Waals surface area (Å²) in [6, 6.07) is 13.8. The maximum Gasteiger partial charge on any atom is 0.254 e. The van der Waals surface area contributed by atoms with Crippen LogP contribution in [0.4, 0.5) is 0 Å². The molecule has 1 aliphatic carbocycles. The van der Waals surface area contributed by atoms with Crippen molar-refractivity contribution in [2.75, 3.05) is 6.61 Å². The fourth-order valence-electron chi connectivity index (χ4n) is 3.22. The normalized spacial score (nSPS) is 13.7. The number of ether oxygens (including phenoxy) is 1. The van der Waals surface area contributed by atoms with Crippen LogP contribution in [-0.4, -0.2) is 32.8 Å². The van der Waals surface area contributed by atoms with Crippen LogP contribution in [0.25, 0.3) is 5.65 Å². The Balaban J connectivity index is 1.49. The number of benzene rings is 1. The van der Waals surface area contributed by atoms with Gasteiger partial charge in [0.2, 0.25) is 0 Å². The van der Waals surface area contributed by atoms with Crippen LogP contribution in [0, 0.1) is 0 Å². The minimum absolute atomic E-state index is 0.0727. The van der Waals surface area contributed by atoms with E-state index in [0.29, 0.717) is 24.8 Å². The SMILES string of the molecule is CCCCOc1ccc(C(=O)N(Cc2cnc3ccccn23)C2CC2)cc1. The third-order valence-corrected chi connectivity index (χ3v) is 4.94. The summed E-state index contributed by atoms with van der Waals surface area (Å²) >= 11 is 0. The second-order valence-electron chi connectivity index (χ2n) is 7.07. The predicted molar refractivity (Wildman–Crippen MR) is 105 cm³/mol. The summed E-state index contributed by atoms with van der Waals surface area (Å²) in [7, 11) is 0. The fraction of sp³-hybridized carbons (Fsp3) is 0.364. The van der Waals surface area contributed by atoms with Crippen LogP contribution in [0.1, 0.15) is 48.7 Å². The van der Waals surface area contributed by atoms with Gasteiger partial charge in [0.1, 0.15) is 11.4 Å². The van der Waals surface area contributed by atoms with E-state index >= 15 is 0 Å². The lowest BCUT2D eigenvalue weighted by Gasteiger charge is -2.22. The lowest BCUT2D eigenvalue weighted by Crippen LogP contribution is -2.33. The number of rotatable bonds is 8. The van der Waals surface area contributed by atoms with Crippen LogP contribution in [0.15, 0.2) is 54.9 Å². The van der Waals surface area contributed by atoms with E-state index in [9.17, 15) is 4.79 Å². The molecule has 1 saturated carbocycles. The Kier molecular flexibility index (Phi) is 5.10. The van der Waals surface area contributed by atoms with Crippen LogP contribution in [0.5, 0.6) is 5.75 Å². The van der Waals surface area contributed by atoms with E-state index in [-0.39, 0.29) is 5.91 Å². The molecule has 0 unspecified atom stereocenters. The average molecular weight is 363 g/mol. The van der Waals surface area contributed by atoms with Gasteiger partial charge in [0.15, 0.2) is 0 Å². The number of hydrogen-bond acceptors (Lipinski definition) is 3. The first-order valence-corrected chi connectivity index (χ1v) is 9.71. The molecule has 0 aliphatic heterocycles. The highest BCUT2D eigenvalue weighted by Gasteiger charge is 2.33. The molecule has 3 aromatic rings. The molecule has 0 bridgehead atoms. The molecule has 5 nitrogen and oxygen atoms in total. The molecule has 4 rings (SSSR count). The highest BCUT2D eigenvalue weighted by atomic mass is 16.5. The lowest BCUT2D eigenvalue weighted by molar-refractivity contribution is 0.0727. The molecule has 27 heavy (non-hydrogen) atoms. The zero-order valence-corrected chi connectivity index (χ0v) is 15.7. The quantitative estimate of drug-likeness (QED) is 0.560. The maximum absolute atomic E-state index is 13.1. The van der Waals surface area contributed by atoms with E-state index in [1.165, 1.54) is 0 Å². The molecule has 0 atom stereocenters. The van der Waals surface area contributed by atoms with Crippen molar-refractivity contribution in [3.8, 4) is 5.75 Å². The van der Waals surface area contributed by atoms with Gasteiger partial charge in [-0.3, -0.25) is 4.79 Å². The first kappa shape index (κ1) is 17.6. The number of imidazole rings is 1. The summed E-state index contributed by atoms with van der Waals surface area (Å²) in [6.07, 6.45) is 8.14. The van der Waals surface area contributed by atoms with Gasteiger partial charge in [0.05, 0.1) is 25.0 Å². The van der Waals surface area contributed by atoms with Crippen LogP contribution in [-0.2, 0) is 6.54 Å². The predicted octanol–water partition coefficient (Wildman–Crippen LogP) is 4.32. The summed E-state index contributed by atoms with van der Waals surface area (Å²) in [5, 5.41) is 0. The number of unbranched alkanes of at least 4 members (excludes halogenated alkanes) is 1. The molecule has 5 heteroatoms. The van der Waals surface area contributed by atoms with Gasteiger partial charge in [-0.05, 0) is 55.7 Å². The Morgan fingerprint density at radius 3 is 2.78 bits per heavy atom. The maximum atomic E-state index is 13.1. The number of aromatic nitrogens is 2. The summed E-state index contributed by atoms with van der Waals surface area (Å²) in [5.74, 6) is 0.892. The second kappa shape index (κ2) is 7.82. The van der Waals surface area contributed by atoms with Crippen molar-refractivity contribution >= 4 is 11.6 Å². The summed E-state index contributed by atoms with van der Waals surface area (Å²) in [5.41, 5.74) is 2.65. The molecule has 1 amide bonds. The van der Waals surface area contributed by atoms with Crippen molar-refractivity contribution in [1.82, 2.24) is 14.3 Å². The van der Waals surface area contributed by atoms with Gasteiger partial charge in [0, 0.05) is 17.8 Å². The molecule has 0 saturated heterocycles. The van der Waals surface area contributed by atoms with Gasteiger partial charge in [-0.1, -0.05) is 19.4 Å². The fourth-order valence-corrected chi connectivity index (χ4v) is 3.22. The molecule has 1 fully saturated rings. The zero-order chi connectivity index (χ0) is 18.6. The number of nitrogens with zero attached hydrogens (tertiary/aromatic N) is 3. The molecular weight excluding hydrogens is 338 g/mol. The minimum Gasteiger partial charge on any atom is -0.494 e. The number of hydrogen-bond donors (Lipinski definition) is 0. The lowest BCUT2D eigenvalue weighted by atomic mass is 10.2. The monoisotopic (exact) mass is 363 g/mol. The van der Waals surface area contributed by atoms with Gasteiger partial charge in [-0.25, -0.2) is 4.98 Å². The van der Waals surface area contributed by atoms with Crippen molar-refractivity contribution in [1.29, 1.82) is 0 Å². The van der Waals surface area contributed by atoms with E-state index in [1.807, 2.05) is 64.2 Å². The molecular formula is C22H25N3O2. The van der Waals surface area contributed by atoms with Crippen molar-refractivity contribution in [2.45, 2.75) is 45.2 Å².